The maximum absolute atomic E-state index is 13.0. The maximum Gasteiger partial charge on any atom is 0.422 e. The first-order valence-electron chi connectivity index (χ1n) is 18.5. The molecule has 2 fully saturated rings. The van der Waals surface area contributed by atoms with E-state index in [4.69, 9.17) is 32.7 Å². The summed E-state index contributed by atoms with van der Waals surface area (Å²) >= 11 is 11.7. The third-order valence-electron chi connectivity index (χ3n) is 9.23. The molecule has 4 aromatic rings. The number of carbonyl (C=O) groups excluding carboxylic acids is 4. The fraction of sp³-hybridized carbons (Fsp3) is 0.368. The summed E-state index contributed by atoms with van der Waals surface area (Å²) < 4.78 is 49.4. The lowest BCUT2D eigenvalue weighted by Crippen LogP contribution is -2.49. The molecule has 1 aliphatic carbocycles. The van der Waals surface area contributed by atoms with Gasteiger partial charge in [0, 0.05) is 35.4 Å². The summed E-state index contributed by atoms with van der Waals surface area (Å²) in [6.07, 6.45) is 1.68. The van der Waals surface area contributed by atoms with E-state index in [2.05, 4.69) is 51.4 Å². The zero-order valence-corrected chi connectivity index (χ0v) is 32.8. The van der Waals surface area contributed by atoms with E-state index in [1.807, 2.05) is 12.1 Å². The van der Waals surface area contributed by atoms with Crippen LogP contribution in [-0.2, 0) is 19.9 Å². The summed E-state index contributed by atoms with van der Waals surface area (Å²) in [7, 11) is 0. The van der Waals surface area contributed by atoms with Gasteiger partial charge in [-0.3, -0.25) is 24.1 Å². The largest absolute Gasteiger partial charge is 0.476 e. The maximum atomic E-state index is 13.0. The van der Waals surface area contributed by atoms with Crippen LogP contribution in [0.5, 0.6) is 11.9 Å². The number of pyridine rings is 1. The van der Waals surface area contributed by atoms with Crippen LogP contribution < -0.4 is 36.1 Å². The van der Waals surface area contributed by atoms with Gasteiger partial charge in [0.25, 0.3) is 5.91 Å². The average molecular weight is 860 g/mol. The lowest BCUT2D eigenvalue weighted by molar-refractivity contribution is -0.154. The minimum absolute atomic E-state index is 0.0422. The Morgan fingerprint density at radius 1 is 0.847 bits per heavy atom. The molecule has 0 radical (unpaired) electrons. The lowest BCUT2D eigenvalue weighted by Gasteiger charge is -2.26. The third kappa shape index (κ3) is 12.8. The molecule has 0 bridgehead atoms. The van der Waals surface area contributed by atoms with Gasteiger partial charge in [-0.1, -0.05) is 30.2 Å². The van der Waals surface area contributed by atoms with Crippen molar-refractivity contribution in [2.75, 3.05) is 55.3 Å². The molecule has 6 rings (SSSR count). The molecule has 2 aromatic heterocycles. The SMILES string of the molecule is O=C(NC[C@H](NC(=O)c1ccc(Nc2nc(NC3(c4ccc(Cl)cc4)CC3)nc(OCC(F)(F)F)n2)cc1)C(=O)Cl)C(=O)Nc1ccc(OCCN2CCCCC2)nc1. The predicted molar refractivity (Wildman–Crippen MR) is 211 cm³/mol. The van der Waals surface area contributed by atoms with Crippen molar-refractivity contribution in [1.82, 2.24) is 35.5 Å². The molecule has 0 unspecified atom stereocenters. The van der Waals surface area contributed by atoms with E-state index in [0.717, 1.165) is 25.2 Å². The number of carbonyl (C=O) groups is 4. The molecule has 0 spiro atoms. The summed E-state index contributed by atoms with van der Waals surface area (Å²) in [4.78, 5) is 69.0. The highest BCUT2D eigenvalue weighted by molar-refractivity contribution is 6.65. The Hall–Kier alpha value is -5.79. The number of anilines is 4. The molecule has 312 valence electrons. The minimum Gasteiger partial charge on any atom is -0.476 e. The van der Waals surface area contributed by atoms with Crippen LogP contribution in [0.15, 0.2) is 66.9 Å². The molecule has 1 aliphatic heterocycles. The van der Waals surface area contributed by atoms with Crippen molar-refractivity contribution in [3.05, 3.63) is 83.0 Å². The molecule has 1 saturated heterocycles. The average Bonchev–Trinajstić information content (AvgIpc) is 3.99. The zero-order chi connectivity index (χ0) is 42.0. The predicted octanol–water partition coefficient (Wildman–Crippen LogP) is 5.19. The molecule has 3 heterocycles. The van der Waals surface area contributed by atoms with Crippen molar-refractivity contribution < 1.29 is 41.8 Å². The molecule has 59 heavy (non-hydrogen) atoms. The summed E-state index contributed by atoms with van der Waals surface area (Å²) in [6.45, 7) is 1.20. The van der Waals surface area contributed by atoms with Crippen molar-refractivity contribution >= 4 is 69.4 Å². The van der Waals surface area contributed by atoms with E-state index in [-0.39, 0.29) is 23.1 Å². The molecule has 16 nitrogen and oxygen atoms in total. The Morgan fingerprint density at radius 2 is 1.54 bits per heavy atom. The fourth-order valence-electron chi connectivity index (χ4n) is 6.00. The highest BCUT2D eigenvalue weighted by atomic mass is 35.5. The topological polar surface area (TPSA) is 202 Å². The van der Waals surface area contributed by atoms with Crippen molar-refractivity contribution in [2.45, 2.75) is 49.9 Å². The molecular weight excluding hydrogens is 820 g/mol. The zero-order valence-electron chi connectivity index (χ0n) is 31.3. The van der Waals surface area contributed by atoms with Gasteiger partial charge < -0.3 is 36.1 Å². The number of ether oxygens (including phenoxy) is 2. The van der Waals surface area contributed by atoms with Crippen LogP contribution in [0.25, 0.3) is 0 Å². The summed E-state index contributed by atoms with van der Waals surface area (Å²) in [6, 6.07) is 13.8. The van der Waals surface area contributed by atoms with E-state index >= 15 is 0 Å². The number of nitrogens with one attached hydrogen (secondary N) is 5. The fourth-order valence-corrected chi connectivity index (χ4v) is 6.26. The van der Waals surface area contributed by atoms with Gasteiger partial charge in [-0.25, -0.2) is 4.98 Å². The minimum atomic E-state index is -4.65. The Morgan fingerprint density at radius 3 is 2.19 bits per heavy atom. The van der Waals surface area contributed by atoms with E-state index in [9.17, 15) is 32.3 Å². The number of hydrogen-bond donors (Lipinski definition) is 5. The van der Waals surface area contributed by atoms with Crippen LogP contribution in [0, 0.1) is 0 Å². The number of alkyl halides is 3. The van der Waals surface area contributed by atoms with Crippen molar-refractivity contribution in [3.63, 3.8) is 0 Å². The second kappa shape index (κ2) is 19.3. The molecule has 21 heteroatoms. The quantitative estimate of drug-likeness (QED) is 0.0687. The summed E-state index contributed by atoms with van der Waals surface area (Å²) in [5.41, 5.74) is 0.943. The van der Waals surface area contributed by atoms with E-state index in [0.29, 0.717) is 36.0 Å². The Labute approximate surface area is 346 Å². The van der Waals surface area contributed by atoms with E-state index in [1.165, 1.54) is 55.8 Å². The molecule has 1 saturated carbocycles. The van der Waals surface area contributed by atoms with E-state index in [1.54, 1.807) is 18.2 Å². The Bertz CT molecular complexity index is 2110. The van der Waals surface area contributed by atoms with Gasteiger partial charge in [0.1, 0.15) is 12.6 Å². The van der Waals surface area contributed by atoms with Gasteiger partial charge >= 0.3 is 24.0 Å². The van der Waals surface area contributed by atoms with Crippen LogP contribution in [-0.4, -0.2) is 99.4 Å². The lowest BCUT2D eigenvalue weighted by atomic mass is 10.1. The van der Waals surface area contributed by atoms with Crippen LogP contribution in [0.3, 0.4) is 0 Å². The molecular formula is C38H39Cl2F3N10O6. The first-order valence-corrected chi connectivity index (χ1v) is 19.3. The molecule has 2 aliphatic rings. The number of piperidine rings is 1. The van der Waals surface area contributed by atoms with Crippen molar-refractivity contribution in [2.24, 2.45) is 0 Å². The van der Waals surface area contributed by atoms with Crippen LogP contribution in [0.4, 0.5) is 36.4 Å². The summed E-state index contributed by atoms with van der Waals surface area (Å²) in [5, 5.41) is 12.6. The Kier molecular flexibility index (Phi) is 14.0. The van der Waals surface area contributed by atoms with Crippen molar-refractivity contribution in [1.29, 1.82) is 0 Å². The molecule has 1 atom stereocenters. The normalized spacial score (nSPS) is 15.3. The van der Waals surface area contributed by atoms with Gasteiger partial charge in [0.15, 0.2) is 6.61 Å². The van der Waals surface area contributed by atoms with Crippen LogP contribution in [0.1, 0.15) is 48.0 Å². The highest BCUT2D eigenvalue weighted by Gasteiger charge is 2.45. The number of hydrogen-bond acceptors (Lipinski definition) is 13. The van der Waals surface area contributed by atoms with Crippen LogP contribution in [0.2, 0.25) is 5.02 Å². The monoisotopic (exact) mass is 858 g/mol. The number of rotatable bonds is 17. The number of halogens is 5. The first kappa shape index (κ1) is 42.8. The highest BCUT2D eigenvalue weighted by Crippen LogP contribution is 2.48. The molecule has 3 amide bonds. The number of aromatic nitrogens is 4. The van der Waals surface area contributed by atoms with Gasteiger partial charge in [-0.2, -0.15) is 28.1 Å². The Balaban J connectivity index is 1.00. The van der Waals surface area contributed by atoms with Gasteiger partial charge in [0.2, 0.25) is 23.0 Å². The number of nitrogens with zero attached hydrogens (tertiary/aromatic N) is 5. The summed E-state index contributed by atoms with van der Waals surface area (Å²) in [5.74, 6) is -2.72. The number of likely N-dealkylation sites (tertiary alicyclic amines) is 1. The second-order valence-electron chi connectivity index (χ2n) is 13.7. The number of benzene rings is 2. The second-order valence-corrected chi connectivity index (χ2v) is 14.5. The van der Waals surface area contributed by atoms with Gasteiger partial charge in [-0.15, -0.1) is 0 Å². The smallest absolute Gasteiger partial charge is 0.422 e. The van der Waals surface area contributed by atoms with Gasteiger partial charge in [-0.05, 0) is 98.4 Å². The molecule has 2 aromatic carbocycles. The van der Waals surface area contributed by atoms with E-state index < -0.39 is 59.9 Å². The number of amides is 3. The molecule has 5 N–H and O–H groups in total. The van der Waals surface area contributed by atoms with Crippen LogP contribution >= 0.6 is 23.2 Å². The first-order chi connectivity index (χ1) is 28.2. The van der Waals surface area contributed by atoms with Gasteiger partial charge in [0.05, 0.1) is 17.4 Å². The standard InChI is InChI=1S/C38H39Cl2F3N10O6/c39-25-8-6-24(7-9-25)37(14-15-37)52-35-49-34(50-36(51-35)59-22-38(41,42)43)47-26-10-4-23(5-11-26)31(55)48-28(30(40)54)21-45-32(56)33(57)46-27-12-13-29(44-20-27)58-19-18-53-16-2-1-3-17-53/h4-13,20,28H,1-3,14-19,21-22H2,(H,45,56)(H,46,57)(H,48,55)(H2,47,49,50,51,52)/t28-/m0/s1. The van der Waals surface area contributed by atoms with Crippen molar-refractivity contribution in [3.8, 4) is 11.9 Å². The third-order valence-corrected chi connectivity index (χ3v) is 9.75.